The molecule has 0 bridgehead atoms. The van der Waals surface area contributed by atoms with E-state index in [1.54, 1.807) is 0 Å². The van der Waals surface area contributed by atoms with Gasteiger partial charge in [-0.15, -0.1) is 0 Å². The van der Waals surface area contributed by atoms with Crippen molar-refractivity contribution in [3.05, 3.63) is 0 Å². The van der Waals surface area contributed by atoms with Gasteiger partial charge in [0.15, 0.2) is 0 Å². The Balaban J connectivity index is 6.16. The Morgan fingerprint density at radius 2 is 0.654 bits per heavy atom. The van der Waals surface area contributed by atoms with E-state index in [0.717, 1.165) is 12.3 Å². The molecule has 0 aromatic carbocycles. The molecule has 0 aliphatic heterocycles. The molecular formula is C23H50OP2. The van der Waals surface area contributed by atoms with Crippen LogP contribution in [0, 0.1) is 5.41 Å². The monoisotopic (exact) mass is 404 g/mol. The lowest BCUT2D eigenvalue weighted by Gasteiger charge is -2.53. The molecule has 0 amide bonds. The van der Waals surface area contributed by atoms with Crippen LogP contribution in [-0.2, 0) is 0 Å². The summed E-state index contributed by atoms with van der Waals surface area (Å²) >= 11 is 0. The van der Waals surface area contributed by atoms with Gasteiger partial charge in [-0.05, 0) is 38.4 Å². The summed E-state index contributed by atoms with van der Waals surface area (Å²) in [5, 5.41) is 13.1. The van der Waals surface area contributed by atoms with Crippen molar-refractivity contribution in [2.24, 2.45) is 5.41 Å². The van der Waals surface area contributed by atoms with Crippen LogP contribution >= 0.6 is 15.8 Å². The van der Waals surface area contributed by atoms with Gasteiger partial charge < -0.3 is 5.11 Å². The number of hydrogen-bond acceptors (Lipinski definition) is 1. The van der Waals surface area contributed by atoms with E-state index in [9.17, 15) is 5.11 Å². The summed E-state index contributed by atoms with van der Waals surface area (Å²) in [4.78, 5) is 0. The first-order valence-corrected chi connectivity index (χ1v) is 13.3. The molecule has 3 heteroatoms. The van der Waals surface area contributed by atoms with E-state index in [1.807, 2.05) is 0 Å². The average molecular weight is 405 g/mol. The quantitative estimate of drug-likeness (QED) is 0.472. The van der Waals surface area contributed by atoms with E-state index in [1.165, 1.54) is 0 Å². The zero-order chi connectivity index (χ0) is 21.6. The molecule has 0 aliphatic carbocycles. The zero-order valence-electron chi connectivity index (χ0n) is 20.8. The van der Waals surface area contributed by atoms with Gasteiger partial charge in [0, 0.05) is 0 Å². The molecule has 0 rings (SSSR count). The predicted octanol–water partition coefficient (Wildman–Crippen LogP) is 7.92. The van der Waals surface area contributed by atoms with Crippen LogP contribution < -0.4 is 0 Å². The van der Waals surface area contributed by atoms with Crippen molar-refractivity contribution >= 4 is 15.8 Å². The van der Waals surface area contributed by atoms with Gasteiger partial charge in [0.1, 0.15) is 0 Å². The minimum Gasteiger partial charge on any atom is -0.389 e. The van der Waals surface area contributed by atoms with Gasteiger partial charge in [-0.1, -0.05) is 120 Å². The van der Waals surface area contributed by atoms with Gasteiger partial charge in [-0.25, -0.2) is 0 Å². The maximum Gasteiger partial charge on any atom is 0.0774 e. The third-order valence-electron chi connectivity index (χ3n) is 5.47. The summed E-state index contributed by atoms with van der Waals surface area (Å²) in [5.41, 5.74) is -0.757. The fourth-order valence-corrected chi connectivity index (χ4v) is 12.3. The Kier molecular flexibility index (Phi) is 8.17. The van der Waals surface area contributed by atoms with E-state index in [4.69, 9.17) is 0 Å². The first-order valence-electron chi connectivity index (χ1n) is 10.2. The Hall–Kier alpha value is 0.820. The largest absolute Gasteiger partial charge is 0.389 e. The summed E-state index contributed by atoms with van der Waals surface area (Å²) in [7, 11) is -0.674. The number of rotatable bonds is 4. The highest BCUT2D eigenvalue weighted by Crippen LogP contribution is 2.66. The van der Waals surface area contributed by atoms with Crippen LogP contribution in [-0.4, -0.2) is 43.7 Å². The fraction of sp³-hybridized carbons (Fsp3) is 1.00. The summed E-state index contributed by atoms with van der Waals surface area (Å²) in [6.45, 7) is 35.1. The summed E-state index contributed by atoms with van der Waals surface area (Å²) in [6, 6.07) is 0. The third-order valence-corrected chi connectivity index (χ3v) is 13.6. The first kappa shape index (κ1) is 26.8. The molecule has 158 valence electrons. The lowest BCUT2D eigenvalue weighted by atomic mass is 9.79. The smallest absolute Gasteiger partial charge is 0.0774 e. The molecule has 0 spiro atoms. The van der Waals surface area contributed by atoms with Crippen molar-refractivity contribution < 1.29 is 5.11 Å². The molecule has 0 aromatic heterocycles. The van der Waals surface area contributed by atoms with Crippen molar-refractivity contribution in [1.82, 2.24) is 0 Å². The van der Waals surface area contributed by atoms with E-state index < -0.39 is 5.60 Å². The molecule has 26 heavy (non-hydrogen) atoms. The predicted molar refractivity (Wildman–Crippen MR) is 127 cm³/mol. The zero-order valence-corrected chi connectivity index (χ0v) is 22.5. The molecule has 0 saturated heterocycles. The molecule has 0 saturated carbocycles. The van der Waals surface area contributed by atoms with Gasteiger partial charge in [0.2, 0.25) is 0 Å². The second kappa shape index (κ2) is 7.92. The molecule has 1 nitrogen and oxygen atoms in total. The minimum absolute atomic E-state index is 0.124. The molecular weight excluding hydrogens is 354 g/mol. The summed E-state index contributed by atoms with van der Waals surface area (Å²) in [5.74, 6) is 0. The molecule has 0 fully saturated rings. The van der Waals surface area contributed by atoms with Crippen LogP contribution in [0.25, 0.3) is 0 Å². The first-order chi connectivity index (χ1) is 10.9. The topological polar surface area (TPSA) is 20.2 Å². The highest BCUT2D eigenvalue weighted by atomic mass is 31.1. The van der Waals surface area contributed by atoms with Gasteiger partial charge in [-0.3, -0.25) is 0 Å². The van der Waals surface area contributed by atoms with E-state index in [-0.39, 0.29) is 41.9 Å². The summed E-state index contributed by atoms with van der Waals surface area (Å²) in [6.07, 6.45) is 1.87. The van der Waals surface area contributed by atoms with Crippen molar-refractivity contribution in [2.75, 3.05) is 12.3 Å². The lowest BCUT2D eigenvalue weighted by molar-refractivity contribution is -0.0177. The number of aliphatic hydroxyl groups is 1. The van der Waals surface area contributed by atoms with Crippen molar-refractivity contribution in [3.63, 3.8) is 0 Å². The fourth-order valence-electron chi connectivity index (χ4n) is 4.01. The molecule has 0 unspecified atom stereocenters. The van der Waals surface area contributed by atoms with Crippen LogP contribution in [0.1, 0.15) is 104 Å². The minimum atomic E-state index is -0.633. The second-order valence-electron chi connectivity index (χ2n) is 13.1. The van der Waals surface area contributed by atoms with Crippen LogP contribution in [0.3, 0.4) is 0 Å². The van der Waals surface area contributed by atoms with Gasteiger partial charge in [0.05, 0.1) is 5.60 Å². The Morgan fingerprint density at radius 3 is 0.769 bits per heavy atom. The van der Waals surface area contributed by atoms with Crippen LogP contribution in [0.15, 0.2) is 0 Å². The highest BCUT2D eigenvalue weighted by molar-refractivity contribution is 7.62. The van der Waals surface area contributed by atoms with Gasteiger partial charge in [0.25, 0.3) is 0 Å². The van der Waals surface area contributed by atoms with Gasteiger partial charge in [-0.2, -0.15) is 0 Å². The van der Waals surface area contributed by atoms with Gasteiger partial charge >= 0.3 is 0 Å². The maximum absolute atomic E-state index is 12.2. The van der Waals surface area contributed by atoms with Crippen molar-refractivity contribution in [1.29, 1.82) is 0 Å². The second-order valence-corrected chi connectivity index (χ2v) is 20.8. The van der Waals surface area contributed by atoms with Crippen molar-refractivity contribution in [2.45, 2.75) is 130 Å². The Bertz CT molecular complexity index is 385. The number of hydrogen-bond donors (Lipinski definition) is 1. The molecule has 0 aromatic rings. The van der Waals surface area contributed by atoms with E-state index in [2.05, 4.69) is 104 Å². The molecule has 0 atom stereocenters. The van der Waals surface area contributed by atoms with Crippen LogP contribution in [0.5, 0.6) is 0 Å². The Morgan fingerprint density at radius 1 is 0.462 bits per heavy atom. The van der Waals surface area contributed by atoms with Crippen molar-refractivity contribution in [3.8, 4) is 0 Å². The highest BCUT2D eigenvalue weighted by Gasteiger charge is 2.50. The molecule has 1 N–H and O–H groups in total. The molecule has 0 radical (unpaired) electrons. The Labute approximate surface area is 169 Å². The van der Waals surface area contributed by atoms with E-state index in [0.29, 0.717) is 0 Å². The van der Waals surface area contributed by atoms with E-state index >= 15 is 0 Å². The van der Waals surface area contributed by atoms with Crippen LogP contribution in [0.2, 0.25) is 0 Å². The standard InChI is InChI=1S/C23H50OP2/c1-18(2,3)23(24,16-25(19(4,5)6)20(7,8)9)17-26(21(10,11)12)22(13,14)15/h24H,16-17H2,1-15H3. The normalized spacial score (nSPS) is 15.9. The van der Waals surface area contributed by atoms with Crippen LogP contribution in [0.4, 0.5) is 0 Å². The third kappa shape index (κ3) is 7.33. The molecule has 0 aliphatic rings. The summed E-state index contributed by atoms with van der Waals surface area (Å²) < 4.78 is 0. The average Bonchev–Trinajstić information content (AvgIpc) is 2.25. The SMILES string of the molecule is CC(C)(C)P(CC(O)(CP(C(C)(C)C)C(C)(C)C)C(C)(C)C)C(C)(C)C. The lowest BCUT2D eigenvalue weighted by Crippen LogP contribution is -2.52. The maximum atomic E-state index is 12.2. The molecule has 0 heterocycles.